The highest BCUT2D eigenvalue weighted by molar-refractivity contribution is 5.78. The van der Waals surface area contributed by atoms with Gasteiger partial charge in [-0.2, -0.15) is 0 Å². The molecule has 0 aliphatic carbocycles. The van der Waals surface area contributed by atoms with Crippen LogP contribution >= 0.6 is 0 Å². The molecule has 0 unspecified atom stereocenters. The van der Waals surface area contributed by atoms with Gasteiger partial charge in [0.15, 0.2) is 5.65 Å². The number of likely N-dealkylation sites (N-methyl/N-ethyl adjacent to an activating group) is 1. The fraction of sp³-hybridized carbons (Fsp3) is 0.381. The van der Waals surface area contributed by atoms with Gasteiger partial charge in [-0.15, -0.1) is 13.2 Å². The number of aromatic nitrogens is 3. The van der Waals surface area contributed by atoms with E-state index in [1.165, 1.54) is 6.07 Å². The number of hydrogen-bond acceptors (Lipinski definition) is 6. The van der Waals surface area contributed by atoms with Crippen molar-refractivity contribution in [3.63, 3.8) is 0 Å². The standard InChI is InChI=1S/C21H21F3N4O2/c1-12-8-14(30-21(22,23)24)9-18(29)19(12)15-5-6-16-20(26-15)27-17(10-25-16)13-4-3-7-28(2)11-13/h5-6,8-10,13,29H,3-4,7,11H2,1-2H3/t13-/m1/s1. The fourth-order valence-corrected chi connectivity index (χ4v) is 3.92. The van der Waals surface area contributed by atoms with Crippen LogP contribution in [0.4, 0.5) is 13.2 Å². The zero-order chi connectivity index (χ0) is 21.5. The zero-order valence-corrected chi connectivity index (χ0v) is 16.6. The first-order valence-corrected chi connectivity index (χ1v) is 9.61. The molecule has 3 aromatic rings. The molecule has 0 saturated carbocycles. The van der Waals surface area contributed by atoms with Crippen LogP contribution in [-0.4, -0.2) is 51.5 Å². The summed E-state index contributed by atoms with van der Waals surface area (Å²) in [6, 6.07) is 5.55. The predicted molar refractivity (Wildman–Crippen MR) is 105 cm³/mol. The van der Waals surface area contributed by atoms with Crippen LogP contribution in [0, 0.1) is 6.92 Å². The zero-order valence-electron chi connectivity index (χ0n) is 16.6. The summed E-state index contributed by atoms with van der Waals surface area (Å²) in [6.45, 7) is 3.55. The molecule has 6 nitrogen and oxygen atoms in total. The van der Waals surface area contributed by atoms with E-state index >= 15 is 0 Å². The van der Waals surface area contributed by atoms with E-state index in [0.29, 0.717) is 28.0 Å². The van der Waals surface area contributed by atoms with Gasteiger partial charge < -0.3 is 14.7 Å². The van der Waals surface area contributed by atoms with Gasteiger partial charge in [-0.25, -0.2) is 9.97 Å². The summed E-state index contributed by atoms with van der Waals surface area (Å²) in [4.78, 5) is 15.9. The number of ether oxygens (including phenoxy) is 1. The van der Waals surface area contributed by atoms with Crippen LogP contribution < -0.4 is 4.74 Å². The van der Waals surface area contributed by atoms with E-state index in [0.717, 1.165) is 37.7 Å². The largest absolute Gasteiger partial charge is 0.573 e. The number of benzene rings is 1. The van der Waals surface area contributed by atoms with E-state index < -0.39 is 12.1 Å². The van der Waals surface area contributed by atoms with E-state index in [2.05, 4.69) is 31.6 Å². The molecular weight excluding hydrogens is 397 g/mol. The molecular formula is C21H21F3N4O2. The first kappa shape index (κ1) is 20.3. The van der Waals surface area contributed by atoms with Gasteiger partial charge in [0.2, 0.25) is 0 Å². The smallest absolute Gasteiger partial charge is 0.507 e. The molecule has 3 heterocycles. The van der Waals surface area contributed by atoms with Crippen molar-refractivity contribution >= 4 is 11.2 Å². The third kappa shape index (κ3) is 4.30. The van der Waals surface area contributed by atoms with Crippen molar-refractivity contribution in [1.82, 2.24) is 19.9 Å². The van der Waals surface area contributed by atoms with E-state index in [9.17, 15) is 18.3 Å². The highest BCUT2D eigenvalue weighted by Crippen LogP contribution is 2.37. The molecule has 0 spiro atoms. The van der Waals surface area contributed by atoms with Crippen LogP contribution in [0.2, 0.25) is 0 Å². The van der Waals surface area contributed by atoms with E-state index in [1.54, 1.807) is 25.3 Å². The minimum Gasteiger partial charge on any atom is -0.507 e. The molecule has 1 saturated heterocycles. The van der Waals surface area contributed by atoms with Gasteiger partial charge in [0.25, 0.3) is 0 Å². The Morgan fingerprint density at radius 3 is 2.70 bits per heavy atom. The number of likely N-dealkylation sites (tertiary alicyclic amines) is 1. The Bertz CT molecular complexity index is 1060. The normalized spacial score (nSPS) is 18.0. The molecule has 0 amide bonds. The number of fused-ring (bicyclic) bond motifs is 1. The summed E-state index contributed by atoms with van der Waals surface area (Å²) in [5.41, 5.74) is 3.06. The minimum absolute atomic E-state index is 0.278. The number of alkyl halides is 3. The summed E-state index contributed by atoms with van der Waals surface area (Å²) < 4.78 is 41.4. The minimum atomic E-state index is -4.83. The number of aryl methyl sites for hydroxylation is 1. The van der Waals surface area contributed by atoms with Gasteiger partial charge in [-0.05, 0) is 57.1 Å². The maximum atomic E-state index is 12.5. The van der Waals surface area contributed by atoms with Gasteiger partial charge in [0.05, 0.1) is 11.4 Å². The van der Waals surface area contributed by atoms with Crippen molar-refractivity contribution in [2.45, 2.75) is 32.0 Å². The quantitative estimate of drug-likeness (QED) is 0.679. The number of pyridine rings is 1. The van der Waals surface area contributed by atoms with Gasteiger partial charge in [0, 0.05) is 30.3 Å². The second kappa shape index (κ2) is 7.71. The SMILES string of the molecule is Cc1cc(OC(F)(F)F)cc(O)c1-c1ccc2ncc([C@@H]3CCCN(C)C3)nc2n1. The number of hydrogen-bond donors (Lipinski definition) is 1. The number of phenols is 1. The summed E-state index contributed by atoms with van der Waals surface area (Å²) in [5, 5.41) is 10.4. The van der Waals surface area contributed by atoms with Gasteiger partial charge in [0.1, 0.15) is 17.0 Å². The van der Waals surface area contributed by atoms with Crippen LogP contribution in [0.25, 0.3) is 22.4 Å². The molecule has 158 valence electrons. The molecule has 1 aliphatic heterocycles. The molecule has 30 heavy (non-hydrogen) atoms. The van der Waals surface area contributed by atoms with Crippen molar-refractivity contribution in [2.24, 2.45) is 0 Å². The number of rotatable bonds is 3. The third-order valence-corrected chi connectivity index (χ3v) is 5.25. The summed E-state index contributed by atoms with van der Waals surface area (Å²) in [6.07, 6.45) is -0.932. The molecule has 0 radical (unpaired) electrons. The number of phenolic OH excluding ortho intramolecular Hbond substituents is 1. The first-order chi connectivity index (χ1) is 14.2. The lowest BCUT2D eigenvalue weighted by atomic mass is 9.95. The molecule has 2 aromatic heterocycles. The van der Waals surface area contributed by atoms with E-state index in [1.807, 2.05) is 0 Å². The summed E-state index contributed by atoms with van der Waals surface area (Å²) >= 11 is 0. The number of piperidine rings is 1. The summed E-state index contributed by atoms with van der Waals surface area (Å²) in [5.74, 6) is -0.551. The second-order valence-corrected chi connectivity index (χ2v) is 7.62. The molecule has 4 rings (SSSR count). The lowest BCUT2D eigenvalue weighted by Crippen LogP contribution is -2.31. The molecule has 1 aromatic carbocycles. The second-order valence-electron chi connectivity index (χ2n) is 7.62. The molecule has 0 bridgehead atoms. The average Bonchev–Trinajstić information content (AvgIpc) is 2.65. The molecule has 1 fully saturated rings. The summed E-state index contributed by atoms with van der Waals surface area (Å²) in [7, 11) is 2.08. The predicted octanol–water partition coefficient (Wildman–Crippen LogP) is 4.41. The van der Waals surface area contributed by atoms with Gasteiger partial charge in [-0.1, -0.05) is 0 Å². The number of halogens is 3. The van der Waals surface area contributed by atoms with Crippen LogP contribution in [0.15, 0.2) is 30.5 Å². The number of nitrogens with zero attached hydrogens (tertiary/aromatic N) is 4. The lowest BCUT2D eigenvalue weighted by molar-refractivity contribution is -0.274. The van der Waals surface area contributed by atoms with Crippen LogP contribution in [-0.2, 0) is 0 Å². The van der Waals surface area contributed by atoms with Crippen LogP contribution in [0.3, 0.4) is 0 Å². The van der Waals surface area contributed by atoms with E-state index in [4.69, 9.17) is 0 Å². The highest BCUT2D eigenvalue weighted by Gasteiger charge is 2.31. The van der Waals surface area contributed by atoms with Crippen molar-refractivity contribution in [3.05, 3.63) is 41.7 Å². The lowest BCUT2D eigenvalue weighted by Gasteiger charge is -2.29. The Kier molecular flexibility index (Phi) is 5.23. The first-order valence-electron chi connectivity index (χ1n) is 9.61. The Morgan fingerprint density at radius 1 is 1.20 bits per heavy atom. The average molecular weight is 418 g/mol. The topological polar surface area (TPSA) is 71.4 Å². The van der Waals surface area contributed by atoms with Crippen LogP contribution in [0.5, 0.6) is 11.5 Å². The van der Waals surface area contributed by atoms with Crippen molar-refractivity contribution in [2.75, 3.05) is 20.1 Å². The van der Waals surface area contributed by atoms with Crippen molar-refractivity contribution < 1.29 is 23.0 Å². The molecule has 1 atom stereocenters. The Morgan fingerprint density at radius 2 is 2.00 bits per heavy atom. The maximum absolute atomic E-state index is 12.5. The van der Waals surface area contributed by atoms with Crippen LogP contribution in [0.1, 0.15) is 30.0 Å². The molecule has 1 aliphatic rings. The third-order valence-electron chi connectivity index (χ3n) is 5.25. The highest BCUT2D eigenvalue weighted by atomic mass is 19.4. The Labute approximate surface area is 171 Å². The molecule has 1 N–H and O–H groups in total. The molecule has 9 heteroatoms. The Balaban J connectivity index is 1.71. The van der Waals surface area contributed by atoms with Gasteiger partial charge >= 0.3 is 6.36 Å². The van der Waals surface area contributed by atoms with Crippen molar-refractivity contribution in [3.8, 4) is 22.8 Å². The van der Waals surface area contributed by atoms with Crippen molar-refractivity contribution in [1.29, 1.82) is 0 Å². The van der Waals surface area contributed by atoms with Gasteiger partial charge in [-0.3, -0.25) is 4.98 Å². The fourth-order valence-electron chi connectivity index (χ4n) is 3.92. The monoisotopic (exact) mass is 418 g/mol. The maximum Gasteiger partial charge on any atom is 0.573 e. The number of aromatic hydroxyl groups is 1. The van der Waals surface area contributed by atoms with E-state index in [-0.39, 0.29) is 11.7 Å². The Hall–Kier alpha value is -2.94.